The van der Waals surface area contributed by atoms with Crippen molar-refractivity contribution < 1.29 is 19.0 Å². The summed E-state index contributed by atoms with van der Waals surface area (Å²) in [6.07, 6.45) is 5.42. The van der Waals surface area contributed by atoms with E-state index in [1.165, 1.54) is 0 Å². The van der Waals surface area contributed by atoms with Gasteiger partial charge in [-0.15, -0.1) is 0 Å². The molecule has 10 heteroatoms. The Morgan fingerprint density at radius 1 is 1.06 bits per heavy atom. The minimum absolute atomic E-state index is 0.250. The lowest BCUT2D eigenvalue weighted by molar-refractivity contribution is 0.0255. The second-order valence-electron chi connectivity index (χ2n) is 8.85. The van der Waals surface area contributed by atoms with Crippen molar-refractivity contribution in [3.63, 3.8) is 0 Å². The number of hydrogen-bond donors (Lipinski definition) is 1. The zero-order valence-electron chi connectivity index (χ0n) is 20.4. The number of esters is 1. The highest BCUT2D eigenvalue weighted by molar-refractivity contribution is 9.10. The van der Waals surface area contributed by atoms with Gasteiger partial charge in [-0.1, -0.05) is 12.8 Å². The molecule has 0 saturated heterocycles. The van der Waals surface area contributed by atoms with Gasteiger partial charge in [-0.05, 0) is 96.9 Å². The molecule has 1 aliphatic carbocycles. The fourth-order valence-corrected chi connectivity index (χ4v) is 4.83. The molecule has 0 radical (unpaired) electrons. The Labute approximate surface area is 216 Å². The number of hydrogen-bond acceptors (Lipinski definition) is 7. The maximum atomic E-state index is 12.8. The molecule has 1 aliphatic rings. The molecule has 0 spiro atoms. The molecule has 190 valence electrons. The number of aromatic amines is 1. The van der Waals surface area contributed by atoms with Gasteiger partial charge in [0.25, 0.3) is 5.56 Å². The van der Waals surface area contributed by atoms with E-state index in [4.69, 9.17) is 14.2 Å². The molecule has 1 saturated carbocycles. The van der Waals surface area contributed by atoms with Crippen LogP contribution in [0.4, 0.5) is 0 Å². The van der Waals surface area contributed by atoms with Gasteiger partial charge in [-0.3, -0.25) is 9.78 Å². The smallest absolute Gasteiger partial charge is 0.364 e. The summed E-state index contributed by atoms with van der Waals surface area (Å²) in [4.78, 5) is 39.9. The van der Waals surface area contributed by atoms with E-state index in [0.717, 1.165) is 58.8 Å². The van der Waals surface area contributed by atoms with Gasteiger partial charge in [-0.25, -0.2) is 9.59 Å². The van der Waals surface area contributed by atoms with Crippen LogP contribution in [0.1, 0.15) is 60.1 Å². The van der Waals surface area contributed by atoms with Crippen LogP contribution in [0, 0.1) is 13.8 Å². The summed E-state index contributed by atoms with van der Waals surface area (Å²) in [6.45, 7) is 3.67. The summed E-state index contributed by atoms with van der Waals surface area (Å²) >= 11 is 3.45. The van der Waals surface area contributed by atoms with Gasteiger partial charge in [-0.2, -0.15) is 9.78 Å². The third-order valence-electron chi connectivity index (χ3n) is 6.13. The fourth-order valence-electron chi connectivity index (χ4n) is 4.31. The van der Waals surface area contributed by atoms with E-state index in [1.54, 1.807) is 37.4 Å². The van der Waals surface area contributed by atoms with Crippen molar-refractivity contribution in [3.8, 4) is 22.9 Å². The first-order valence-electron chi connectivity index (χ1n) is 11.8. The molecule has 1 N–H and O–H groups in total. The van der Waals surface area contributed by atoms with Gasteiger partial charge >= 0.3 is 11.7 Å². The second kappa shape index (κ2) is 11.1. The monoisotopic (exact) mass is 557 g/mol. The first-order valence-corrected chi connectivity index (χ1v) is 12.6. The van der Waals surface area contributed by atoms with E-state index in [-0.39, 0.29) is 6.10 Å². The van der Waals surface area contributed by atoms with Gasteiger partial charge < -0.3 is 14.2 Å². The average Bonchev–Trinajstić information content (AvgIpc) is 3.10. The number of methoxy groups -OCH3 is 1. The van der Waals surface area contributed by atoms with E-state index in [1.807, 2.05) is 13.8 Å². The van der Waals surface area contributed by atoms with Crippen LogP contribution in [-0.2, 0) is 4.74 Å². The molecule has 1 heterocycles. The first kappa shape index (κ1) is 25.7. The third-order valence-corrected chi connectivity index (χ3v) is 6.75. The Kier molecular flexibility index (Phi) is 7.93. The van der Waals surface area contributed by atoms with Crippen LogP contribution in [0.2, 0.25) is 0 Å². The molecule has 9 nitrogen and oxygen atoms in total. The summed E-state index contributed by atoms with van der Waals surface area (Å²) in [6, 6.07) is 8.78. The van der Waals surface area contributed by atoms with Crippen LogP contribution in [0.15, 0.2) is 44.4 Å². The Hall–Kier alpha value is -3.40. The minimum Gasteiger partial charge on any atom is -0.496 e. The van der Waals surface area contributed by atoms with Crippen molar-refractivity contribution in [3.05, 3.63) is 72.5 Å². The summed E-state index contributed by atoms with van der Waals surface area (Å²) in [5.41, 5.74) is -0.208. The van der Waals surface area contributed by atoms with Crippen LogP contribution in [-0.4, -0.2) is 33.9 Å². The third kappa shape index (κ3) is 5.70. The summed E-state index contributed by atoms with van der Waals surface area (Å²) in [5, 5.41) is 4.08. The lowest BCUT2D eigenvalue weighted by Gasteiger charge is -2.16. The highest BCUT2D eigenvalue weighted by Gasteiger charge is 2.23. The molecule has 36 heavy (non-hydrogen) atoms. The van der Waals surface area contributed by atoms with E-state index in [0.29, 0.717) is 22.9 Å². The number of carbonyl (C=O) groups is 1. The highest BCUT2D eigenvalue weighted by Crippen LogP contribution is 2.34. The van der Waals surface area contributed by atoms with Crippen LogP contribution in [0.25, 0.3) is 5.69 Å². The maximum Gasteiger partial charge on any atom is 0.364 e. The lowest BCUT2D eigenvalue weighted by Crippen LogP contribution is -2.37. The summed E-state index contributed by atoms with van der Waals surface area (Å²) < 4.78 is 18.7. The summed E-state index contributed by atoms with van der Waals surface area (Å²) in [5.74, 6) is 1.07. The maximum absolute atomic E-state index is 12.8. The van der Waals surface area contributed by atoms with Gasteiger partial charge in [0.15, 0.2) is 0 Å². The molecule has 0 aliphatic heterocycles. The van der Waals surface area contributed by atoms with Crippen LogP contribution < -0.4 is 20.7 Å². The molecular formula is C26H28BrN3O6. The van der Waals surface area contributed by atoms with Crippen LogP contribution >= 0.6 is 15.9 Å². The predicted octanol–water partition coefficient (Wildman–Crippen LogP) is 4.98. The second-order valence-corrected chi connectivity index (χ2v) is 9.70. The molecule has 3 aromatic rings. The number of H-pyrrole nitrogens is 1. The number of halogens is 1. The molecule has 1 fully saturated rings. The van der Waals surface area contributed by atoms with Crippen molar-refractivity contribution in [1.82, 2.24) is 14.8 Å². The first-order chi connectivity index (χ1) is 17.3. The van der Waals surface area contributed by atoms with Gasteiger partial charge in [0, 0.05) is 0 Å². The molecule has 0 unspecified atom stereocenters. The summed E-state index contributed by atoms with van der Waals surface area (Å²) in [7, 11) is 1.59. The molecule has 4 rings (SSSR count). The SMILES string of the molecule is COc1ccc(Oc2c(C)cc(-n3nc(C(=O)OC4CCCCCC4)c(=O)[nH]c3=O)cc2C)cc1Br. The Morgan fingerprint density at radius 3 is 2.33 bits per heavy atom. The largest absolute Gasteiger partial charge is 0.496 e. The molecule has 2 aromatic carbocycles. The highest BCUT2D eigenvalue weighted by atomic mass is 79.9. The number of rotatable bonds is 6. The number of benzene rings is 2. The minimum atomic E-state index is -0.867. The van der Waals surface area contributed by atoms with Crippen LogP contribution in [0.5, 0.6) is 17.2 Å². The van der Waals surface area contributed by atoms with Crippen molar-refractivity contribution in [2.75, 3.05) is 7.11 Å². The molecule has 0 atom stereocenters. The van der Waals surface area contributed by atoms with Gasteiger partial charge in [0.2, 0.25) is 5.69 Å². The van der Waals surface area contributed by atoms with E-state index < -0.39 is 22.9 Å². The van der Waals surface area contributed by atoms with E-state index >= 15 is 0 Å². The number of ether oxygens (including phenoxy) is 3. The molecular weight excluding hydrogens is 530 g/mol. The quantitative estimate of drug-likeness (QED) is 0.336. The predicted molar refractivity (Wildman–Crippen MR) is 138 cm³/mol. The number of aryl methyl sites for hydroxylation is 2. The average molecular weight is 558 g/mol. The Balaban J connectivity index is 1.63. The number of nitrogens with one attached hydrogen (secondary N) is 1. The van der Waals surface area contributed by atoms with Gasteiger partial charge in [0.1, 0.15) is 23.4 Å². The normalized spacial score (nSPS) is 14.2. The van der Waals surface area contributed by atoms with E-state index in [2.05, 4.69) is 26.0 Å². The van der Waals surface area contributed by atoms with E-state index in [9.17, 15) is 14.4 Å². The van der Waals surface area contributed by atoms with Crippen molar-refractivity contribution >= 4 is 21.9 Å². The standard InChI is InChI=1S/C26H28BrN3O6/c1-15-12-17(13-16(2)23(15)35-19-10-11-21(34-3)20(27)14-19)30-26(33)28-24(31)22(29-30)25(32)36-18-8-6-4-5-7-9-18/h10-14,18H,4-9H2,1-3H3,(H,28,31,33). The molecule has 1 aromatic heterocycles. The number of aromatic nitrogens is 3. The molecule has 0 bridgehead atoms. The number of carbonyl (C=O) groups excluding carboxylic acids is 1. The number of nitrogens with zero attached hydrogens (tertiary/aromatic N) is 2. The zero-order valence-corrected chi connectivity index (χ0v) is 22.0. The van der Waals surface area contributed by atoms with Crippen molar-refractivity contribution in [1.29, 1.82) is 0 Å². The van der Waals surface area contributed by atoms with Crippen molar-refractivity contribution in [2.45, 2.75) is 58.5 Å². The Morgan fingerprint density at radius 2 is 1.72 bits per heavy atom. The Bertz CT molecular complexity index is 1370. The van der Waals surface area contributed by atoms with Crippen LogP contribution in [0.3, 0.4) is 0 Å². The van der Waals surface area contributed by atoms with Gasteiger partial charge in [0.05, 0.1) is 17.3 Å². The van der Waals surface area contributed by atoms with Crippen molar-refractivity contribution in [2.24, 2.45) is 0 Å². The molecule has 0 amide bonds. The topological polar surface area (TPSA) is 113 Å². The lowest BCUT2D eigenvalue weighted by atomic mass is 10.1. The zero-order chi connectivity index (χ0) is 25.8. The fraction of sp³-hybridized carbons (Fsp3) is 0.385.